The van der Waals surface area contributed by atoms with Crippen LogP contribution in [0, 0.1) is 13.8 Å². The summed E-state index contributed by atoms with van der Waals surface area (Å²) in [5.41, 5.74) is 3.82. The van der Waals surface area contributed by atoms with E-state index in [9.17, 15) is 0 Å². The minimum Gasteiger partial charge on any atom is -0.387 e. The maximum atomic E-state index is 4.71. The molecular formula is C16H17N8+. The van der Waals surface area contributed by atoms with Crippen LogP contribution < -0.4 is 15.0 Å². The normalized spacial score (nSPS) is 11.3. The lowest BCUT2D eigenvalue weighted by Crippen LogP contribution is -2.29. The van der Waals surface area contributed by atoms with E-state index in [0.717, 1.165) is 33.6 Å². The summed E-state index contributed by atoms with van der Waals surface area (Å²) in [6, 6.07) is 1.93. The van der Waals surface area contributed by atoms with E-state index in [4.69, 9.17) is 4.98 Å². The van der Waals surface area contributed by atoms with Gasteiger partial charge in [0.25, 0.3) is 0 Å². The van der Waals surface area contributed by atoms with E-state index in [1.807, 2.05) is 38.4 Å². The van der Waals surface area contributed by atoms with Crippen LogP contribution >= 0.6 is 0 Å². The van der Waals surface area contributed by atoms with Crippen LogP contribution in [0.15, 0.2) is 18.6 Å². The molecule has 4 heterocycles. The summed E-state index contributed by atoms with van der Waals surface area (Å²) in [5, 5.41) is 8.23. The van der Waals surface area contributed by atoms with Gasteiger partial charge in [0.15, 0.2) is 5.65 Å². The number of nitrogens with one attached hydrogen (secondary N) is 2. The van der Waals surface area contributed by atoms with Crippen molar-refractivity contribution in [3.05, 3.63) is 30.1 Å². The van der Waals surface area contributed by atoms with Gasteiger partial charge in [-0.3, -0.25) is 0 Å². The maximum absolute atomic E-state index is 4.71. The number of hydrogen-bond donors (Lipinski definition) is 2. The number of nitrogens with zero attached hydrogens (tertiary/aromatic N) is 6. The van der Waals surface area contributed by atoms with E-state index >= 15 is 0 Å². The lowest BCUT2D eigenvalue weighted by Gasteiger charge is -2.12. The van der Waals surface area contributed by atoms with Crippen molar-refractivity contribution in [3.8, 4) is 0 Å². The number of fused-ring (bicyclic) bond motifs is 3. The highest BCUT2D eigenvalue weighted by molar-refractivity contribution is 6.09. The first-order chi connectivity index (χ1) is 11.6. The van der Waals surface area contributed by atoms with Crippen molar-refractivity contribution in [2.45, 2.75) is 13.8 Å². The smallest absolute Gasteiger partial charge is 0.242 e. The summed E-state index contributed by atoms with van der Waals surface area (Å²) in [4.78, 5) is 22.5. The van der Waals surface area contributed by atoms with Crippen molar-refractivity contribution in [1.29, 1.82) is 0 Å². The SMILES string of the molecule is CNc1c2cnc(C)nc2nc2nc3cc(C)nc[n+]3c(NC)c12. The molecule has 120 valence electrons. The zero-order valence-corrected chi connectivity index (χ0v) is 13.9. The Morgan fingerprint density at radius 3 is 2.54 bits per heavy atom. The Kier molecular flexibility index (Phi) is 3.12. The first-order valence-electron chi connectivity index (χ1n) is 7.63. The quantitative estimate of drug-likeness (QED) is 0.426. The molecule has 0 fully saturated rings. The third kappa shape index (κ3) is 1.99. The summed E-state index contributed by atoms with van der Waals surface area (Å²) in [5.74, 6) is 1.54. The Morgan fingerprint density at radius 2 is 1.79 bits per heavy atom. The molecule has 0 saturated carbocycles. The van der Waals surface area contributed by atoms with Gasteiger partial charge in [0.2, 0.25) is 23.4 Å². The molecule has 0 saturated heterocycles. The summed E-state index contributed by atoms with van der Waals surface area (Å²) in [7, 11) is 3.74. The topological polar surface area (TPSA) is 92.6 Å². The summed E-state index contributed by atoms with van der Waals surface area (Å²) >= 11 is 0. The standard InChI is InChI=1S/C16H16N8/c1-8-5-11-22-15-12(16(18-4)24(11)7-20-8)13(17-3)10-6-19-9(2)21-14(10)23-15/h5-7H,1-4H3,(H,17,18,19,21,23)/p+1. The minimum absolute atomic E-state index is 0.625. The van der Waals surface area contributed by atoms with Crippen LogP contribution in [0.25, 0.3) is 27.7 Å². The highest BCUT2D eigenvalue weighted by atomic mass is 15.1. The fourth-order valence-corrected chi connectivity index (χ4v) is 2.92. The second kappa shape index (κ2) is 5.19. The Bertz CT molecular complexity index is 1020. The molecule has 0 aliphatic carbocycles. The fourth-order valence-electron chi connectivity index (χ4n) is 2.92. The molecule has 8 nitrogen and oxygen atoms in total. The maximum Gasteiger partial charge on any atom is 0.242 e. The molecule has 4 rings (SSSR count). The van der Waals surface area contributed by atoms with Gasteiger partial charge in [-0.2, -0.15) is 9.38 Å². The van der Waals surface area contributed by atoms with Crippen molar-refractivity contribution in [2.75, 3.05) is 24.7 Å². The van der Waals surface area contributed by atoms with Crippen molar-refractivity contribution in [3.63, 3.8) is 0 Å². The average Bonchev–Trinajstić information content (AvgIpc) is 2.57. The van der Waals surface area contributed by atoms with Crippen LogP contribution in [0.4, 0.5) is 11.5 Å². The summed E-state index contributed by atoms with van der Waals surface area (Å²) in [6.45, 7) is 3.79. The first kappa shape index (κ1) is 14.4. The van der Waals surface area contributed by atoms with Gasteiger partial charge in [0, 0.05) is 26.4 Å². The lowest BCUT2D eigenvalue weighted by molar-refractivity contribution is -0.501. The largest absolute Gasteiger partial charge is 0.387 e. The third-order valence-electron chi connectivity index (χ3n) is 3.99. The molecule has 2 N–H and O–H groups in total. The number of aromatic nitrogens is 6. The second-order valence-corrected chi connectivity index (χ2v) is 5.56. The molecule has 4 aromatic rings. The highest BCUT2D eigenvalue weighted by Gasteiger charge is 2.21. The van der Waals surface area contributed by atoms with Gasteiger partial charge in [0.1, 0.15) is 11.2 Å². The predicted molar refractivity (Wildman–Crippen MR) is 92.2 cm³/mol. The average molecular weight is 321 g/mol. The molecule has 8 heteroatoms. The second-order valence-electron chi connectivity index (χ2n) is 5.56. The van der Waals surface area contributed by atoms with E-state index < -0.39 is 0 Å². The van der Waals surface area contributed by atoms with Crippen LogP contribution in [0.3, 0.4) is 0 Å². The van der Waals surface area contributed by atoms with Crippen molar-refractivity contribution in [2.24, 2.45) is 0 Å². The first-order valence-corrected chi connectivity index (χ1v) is 7.63. The number of hydrogen-bond acceptors (Lipinski definition) is 7. The summed E-state index contributed by atoms with van der Waals surface area (Å²) < 4.78 is 1.92. The Hall–Kier alpha value is -3.16. The Labute approximate surface area is 138 Å². The van der Waals surface area contributed by atoms with E-state index in [0.29, 0.717) is 17.1 Å². The van der Waals surface area contributed by atoms with Crippen LogP contribution in [0.2, 0.25) is 0 Å². The van der Waals surface area contributed by atoms with Gasteiger partial charge >= 0.3 is 0 Å². The zero-order chi connectivity index (χ0) is 16.8. The molecule has 0 radical (unpaired) electrons. The molecule has 0 aliphatic rings. The number of anilines is 2. The van der Waals surface area contributed by atoms with Crippen molar-refractivity contribution in [1.82, 2.24) is 24.9 Å². The van der Waals surface area contributed by atoms with E-state index in [-0.39, 0.29) is 0 Å². The fraction of sp³-hybridized carbons (Fsp3) is 0.250. The third-order valence-corrected chi connectivity index (χ3v) is 3.99. The highest BCUT2D eigenvalue weighted by Crippen LogP contribution is 2.32. The van der Waals surface area contributed by atoms with E-state index in [1.165, 1.54) is 0 Å². The number of pyridine rings is 1. The molecule has 0 spiro atoms. The van der Waals surface area contributed by atoms with Gasteiger partial charge in [0.05, 0.1) is 16.8 Å². The Balaban J connectivity index is 2.27. The molecule has 0 amide bonds. The monoisotopic (exact) mass is 321 g/mol. The van der Waals surface area contributed by atoms with Crippen molar-refractivity contribution >= 4 is 39.2 Å². The number of rotatable bonds is 2. The molecule has 24 heavy (non-hydrogen) atoms. The van der Waals surface area contributed by atoms with Gasteiger partial charge in [-0.25, -0.2) is 9.97 Å². The van der Waals surface area contributed by atoms with E-state index in [1.54, 1.807) is 12.5 Å². The lowest BCUT2D eigenvalue weighted by atomic mass is 10.2. The van der Waals surface area contributed by atoms with Crippen LogP contribution in [0.5, 0.6) is 0 Å². The molecule has 0 atom stereocenters. The Morgan fingerprint density at radius 1 is 0.958 bits per heavy atom. The zero-order valence-electron chi connectivity index (χ0n) is 13.9. The molecule has 0 aromatic carbocycles. The van der Waals surface area contributed by atoms with Crippen molar-refractivity contribution < 1.29 is 4.40 Å². The number of aryl methyl sites for hydroxylation is 2. The van der Waals surface area contributed by atoms with Gasteiger partial charge in [-0.05, 0) is 13.8 Å². The molecular weight excluding hydrogens is 304 g/mol. The van der Waals surface area contributed by atoms with Crippen LogP contribution in [-0.4, -0.2) is 39.0 Å². The molecule has 4 aromatic heterocycles. The summed E-state index contributed by atoms with van der Waals surface area (Å²) in [6.07, 6.45) is 3.55. The van der Waals surface area contributed by atoms with E-state index in [2.05, 4.69) is 30.6 Å². The van der Waals surface area contributed by atoms with Gasteiger partial charge in [-0.15, -0.1) is 9.97 Å². The molecule has 0 aliphatic heterocycles. The van der Waals surface area contributed by atoms with Gasteiger partial charge < -0.3 is 10.6 Å². The minimum atomic E-state index is 0.625. The van der Waals surface area contributed by atoms with Crippen LogP contribution in [-0.2, 0) is 0 Å². The predicted octanol–water partition coefficient (Wildman–Crippen LogP) is 1.41. The van der Waals surface area contributed by atoms with Crippen LogP contribution in [0.1, 0.15) is 11.5 Å². The molecule has 0 unspecified atom stereocenters. The molecule has 0 bridgehead atoms. The van der Waals surface area contributed by atoms with Gasteiger partial charge in [-0.1, -0.05) is 0 Å².